The van der Waals surface area contributed by atoms with E-state index in [-0.39, 0.29) is 6.10 Å². The molecule has 5 aliphatic carbocycles. The third kappa shape index (κ3) is 2.01. The summed E-state index contributed by atoms with van der Waals surface area (Å²) in [4.78, 5) is 12.3. The number of fused-ring (bicyclic) bond motifs is 4. The molecule has 0 aromatic carbocycles. The van der Waals surface area contributed by atoms with E-state index >= 15 is 0 Å². The predicted octanol–water partition coefficient (Wildman–Crippen LogP) is 4.74. The average Bonchev–Trinajstić information content (AvgIpc) is 2.94. The molecule has 0 aromatic rings. The second-order valence-electron chi connectivity index (χ2n) is 10.4. The van der Waals surface area contributed by atoms with Crippen LogP contribution in [0, 0.1) is 40.4 Å². The van der Waals surface area contributed by atoms with Crippen molar-refractivity contribution in [2.75, 3.05) is 0 Å². The van der Waals surface area contributed by atoms with Gasteiger partial charge in [-0.1, -0.05) is 6.92 Å². The maximum Gasteiger partial charge on any atom is 0.133 e. The zero-order valence-corrected chi connectivity index (χ0v) is 15.3. The summed E-state index contributed by atoms with van der Waals surface area (Å²) in [7, 11) is 0. The van der Waals surface area contributed by atoms with E-state index in [4.69, 9.17) is 0 Å². The van der Waals surface area contributed by atoms with Gasteiger partial charge in [0.2, 0.25) is 0 Å². The van der Waals surface area contributed by atoms with E-state index in [0.29, 0.717) is 16.6 Å². The van der Waals surface area contributed by atoms with Crippen LogP contribution in [0.5, 0.6) is 0 Å². The van der Waals surface area contributed by atoms with E-state index < -0.39 is 0 Å². The third-order valence-electron chi connectivity index (χ3n) is 9.83. The molecule has 2 nitrogen and oxygen atoms in total. The molecule has 5 rings (SSSR count). The maximum absolute atomic E-state index is 12.3. The predicted molar refractivity (Wildman–Crippen MR) is 94.4 cm³/mol. The molecule has 0 aliphatic heterocycles. The standard InChI is InChI=1S/C22H34O2/c1-21-10-8-16(23)12-15(21)3-6-18-19(21)9-11-22-13-17(24)5-2-14(22)4-7-20(18)22/h14-16,18-20,23H,2-13H2,1H3/t14-,15+,16+,18+,19-,20-,21-,22+/m0/s1. The number of carbonyl (C=O) groups excluding carboxylic acids is 1. The molecule has 5 aliphatic rings. The largest absolute Gasteiger partial charge is 0.393 e. The van der Waals surface area contributed by atoms with Crippen molar-refractivity contribution in [1.29, 1.82) is 0 Å². The van der Waals surface area contributed by atoms with Crippen molar-refractivity contribution in [3.05, 3.63) is 0 Å². The fraction of sp³-hybridized carbons (Fsp3) is 0.955. The van der Waals surface area contributed by atoms with E-state index in [1.165, 1.54) is 51.4 Å². The maximum atomic E-state index is 12.3. The molecule has 0 saturated heterocycles. The molecule has 8 atom stereocenters. The summed E-state index contributed by atoms with van der Waals surface area (Å²) in [6.45, 7) is 2.57. The van der Waals surface area contributed by atoms with Crippen molar-refractivity contribution < 1.29 is 9.90 Å². The van der Waals surface area contributed by atoms with Crippen molar-refractivity contribution in [2.45, 2.75) is 90.1 Å². The fourth-order valence-corrected chi connectivity index (χ4v) is 8.74. The first-order chi connectivity index (χ1) is 11.5. The Balaban J connectivity index is 1.45. The van der Waals surface area contributed by atoms with Crippen LogP contribution in [-0.4, -0.2) is 17.0 Å². The minimum Gasteiger partial charge on any atom is -0.393 e. The number of aliphatic hydroxyl groups excluding tert-OH is 1. The molecule has 0 aromatic heterocycles. The summed E-state index contributed by atoms with van der Waals surface area (Å²) in [5.74, 6) is 4.77. The van der Waals surface area contributed by atoms with E-state index in [2.05, 4.69) is 6.92 Å². The molecule has 5 fully saturated rings. The van der Waals surface area contributed by atoms with Crippen LogP contribution in [0.2, 0.25) is 0 Å². The molecule has 0 heterocycles. The minimum absolute atomic E-state index is 0.0404. The second kappa shape index (κ2) is 5.32. The van der Waals surface area contributed by atoms with Gasteiger partial charge in [-0.3, -0.25) is 4.79 Å². The van der Waals surface area contributed by atoms with Gasteiger partial charge in [-0.2, -0.15) is 0 Å². The molecule has 1 spiro atoms. The van der Waals surface area contributed by atoms with Gasteiger partial charge in [0.15, 0.2) is 0 Å². The minimum atomic E-state index is -0.0404. The second-order valence-corrected chi connectivity index (χ2v) is 10.4. The highest BCUT2D eigenvalue weighted by molar-refractivity contribution is 5.80. The van der Waals surface area contributed by atoms with Gasteiger partial charge in [-0.05, 0) is 105 Å². The Labute approximate surface area is 146 Å². The van der Waals surface area contributed by atoms with E-state index in [0.717, 1.165) is 55.3 Å². The van der Waals surface area contributed by atoms with E-state index in [9.17, 15) is 9.90 Å². The van der Waals surface area contributed by atoms with Crippen LogP contribution in [-0.2, 0) is 4.79 Å². The van der Waals surface area contributed by atoms with Gasteiger partial charge in [-0.15, -0.1) is 0 Å². The Morgan fingerprint density at radius 3 is 2.62 bits per heavy atom. The van der Waals surface area contributed by atoms with Gasteiger partial charge in [0, 0.05) is 12.8 Å². The molecule has 0 amide bonds. The zero-order chi connectivity index (χ0) is 16.5. The van der Waals surface area contributed by atoms with Crippen LogP contribution in [0.1, 0.15) is 84.0 Å². The van der Waals surface area contributed by atoms with Crippen LogP contribution >= 0.6 is 0 Å². The smallest absolute Gasteiger partial charge is 0.133 e. The summed E-state index contributed by atoms with van der Waals surface area (Å²) in [5.41, 5.74) is 0.883. The summed E-state index contributed by atoms with van der Waals surface area (Å²) in [6, 6.07) is 0. The Hall–Kier alpha value is -0.370. The lowest BCUT2D eigenvalue weighted by Gasteiger charge is -2.62. The lowest BCUT2D eigenvalue weighted by atomic mass is 9.43. The number of hydrogen-bond donors (Lipinski definition) is 1. The highest BCUT2D eigenvalue weighted by atomic mass is 16.3. The number of carbonyl (C=O) groups is 1. The lowest BCUT2D eigenvalue weighted by Crippen LogP contribution is -2.55. The van der Waals surface area contributed by atoms with Gasteiger partial charge in [0.05, 0.1) is 6.10 Å². The van der Waals surface area contributed by atoms with Crippen LogP contribution in [0.3, 0.4) is 0 Å². The van der Waals surface area contributed by atoms with Crippen LogP contribution < -0.4 is 0 Å². The fourth-order valence-electron chi connectivity index (χ4n) is 8.74. The van der Waals surface area contributed by atoms with Gasteiger partial charge < -0.3 is 5.11 Å². The zero-order valence-electron chi connectivity index (χ0n) is 15.3. The molecule has 24 heavy (non-hydrogen) atoms. The van der Waals surface area contributed by atoms with Gasteiger partial charge in [-0.25, -0.2) is 0 Å². The average molecular weight is 331 g/mol. The topological polar surface area (TPSA) is 37.3 Å². The first kappa shape index (κ1) is 15.9. The molecule has 0 unspecified atom stereocenters. The summed E-state index contributed by atoms with van der Waals surface area (Å²) in [5, 5.41) is 10.2. The van der Waals surface area contributed by atoms with E-state index in [1.807, 2.05) is 0 Å². The molecule has 5 saturated carbocycles. The third-order valence-corrected chi connectivity index (χ3v) is 9.83. The van der Waals surface area contributed by atoms with Crippen molar-refractivity contribution in [1.82, 2.24) is 0 Å². The summed E-state index contributed by atoms with van der Waals surface area (Å²) in [6.07, 6.45) is 14.5. The first-order valence-corrected chi connectivity index (χ1v) is 10.7. The number of rotatable bonds is 0. The number of aliphatic hydroxyl groups is 1. The summed E-state index contributed by atoms with van der Waals surface area (Å²) >= 11 is 0. The number of hydrogen-bond acceptors (Lipinski definition) is 2. The van der Waals surface area contributed by atoms with Crippen LogP contribution in [0.15, 0.2) is 0 Å². The summed E-state index contributed by atoms with van der Waals surface area (Å²) < 4.78 is 0. The van der Waals surface area contributed by atoms with Gasteiger partial charge in [0.25, 0.3) is 0 Å². The lowest BCUT2D eigenvalue weighted by molar-refractivity contribution is -0.147. The molecular formula is C22H34O2. The Morgan fingerprint density at radius 1 is 0.917 bits per heavy atom. The normalized spacial score (nSPS) is 56.8. The molecule has 0 radical (unpaired) electrons. The van der Waals surface area contributed by atoms with Crippen molar-refractivity contribution in [3.8, 4) is 0 Å². The van der Waals surface area contributed by atoms with Crippen LogP contribution in [0.4, 0.5) is 0 Å². The number of ketones is 1. The monoisotopic (exact) mass is 330 g/mol. The molecule has 2 heteroatoms. The Bertz CT molecular complexity index is 542. The van der Waals surface area contributed by atoms with Gasteiger partial charge >= 0.3 is 0 Å². The first-order valence-electron chi connectivity index (χ1n) is 10.7. The SMILES string of the molecule is C[C@]12CC[C@@H](O)C[C@H]1CC[C@@H]1[C@@H]2CC[C@@]23CC(=O)CC[C@H]2CC[C@@H]13. The quantitative estimate of drug-likeness (QED) is 0.696. The van der Waals surface area contributed by atoms with E-state index in [1.54, 1.807) is 0 Å². The van der Waals surface area contributed by atoms with Crippen molar-refractivity contribution in [2.24, 2.45) is 40.4 Å². The Morgan fingerprint density at radius 2 is 1.75 bits per heavy atom. The molecule has 134 valence electrons. The molecule has 0 bridgehead atoms. The highest BCUT2D eigenvalue weighted by Gasteiger charge is 2.62. The number of Topliss-reactive ketones (excluding diaryl/α,β-unsaturated/α-hetero) is 1. The molecular weight excluding hydrogens is 296 g/mol. The van der Waals surface area contributed by atoms with Crippen molar-refractivity contribution in [3.63, 3.8) is 0 Å². The van der Waals surface area contributed by atoms with Crippen molar-refractivity contribution >= 4 is 5.78 Å². The van der Waals surface area contributed by atoms with Crippen LogP contribution in [0.25, 0.3) is 0 Å². The van der Waals surface area contributed by atoms with Gasteiger partial charge in [0.1, 0.15) is 5.78 Å². The molecule has 1 N–H and O–H groups in total. The Kier molecular flexibility index (Phi) is 3.51. The highest BCUT2D eigenvalue weighted by Crippen LogP contribution is 2.69.